The molecule has 8 heteroatoms. The molecular formula is C16H15BrN4O2S. The van der Waals surface area contributed by atoms with Gasteiger partial charge in [-0.15, -0.1) is 11.3 Å². The molecule has 1 aromatic carbocycles. The van der Waals surface area contributed by atoms with E-state index >= 15 is 0 Å². The summed E-state index contributed by atoms with van der Waals surface area (Å²) >= 11 is 5.21. The summed E-state index contributed by atoms with van der Waals surface area (Å²) in [4.78, 5) is 16.6. The summed E-state index contributed by atoms with van der Waals surface area (Å²) in [6.45, 7) is 4.08. The van der Waals surface area contributed by atoms with E-state index in [1.54, 1.807) is 23.5 Å². The predicted molar refractivity (Wildman–Crippen MR) is 97.3 cm³/mol. The highest BCUT2D eigenvalue weighted by Crippen LogP contribution is 2.30. The van der Waals surface area contributed by atoms with Crippen molar-refractivity contribution in [2.45, 2.75) is 6.54 Å². The smallest absolute Gasteiger partial charge is 0.293 e. The standard InChI is InChI=1S/C16H15BrN4O2S/c17-16-4-2-13(24-16)11-19-5-7-20(8-6-19)14-3-1-12(10-18)9-15(14)21(22)23/h1-4,9H,5-8,11H2. The van der Waals surface area contributed by atoms with Crippen LogP contribution >= 0.6 is 27.3 Å². The lowest BCUT2D eigenvalue weighted by molar-refractivity contribution is -0.384. The van der Waals surface area contributed by atoms with E-state index in [-0.39, 0.29) is 5.69 Å². The van der Waals surface area contributed by atoms with Gasteiger partial charge in [0.25, 0.3) is 5.69 Å². The highest BCUT2D eigenvalue weighted by Gasteiger charge is 2.24. The quantitative estimate of drug-likeness (QED) is 0.572. The SMILES string of the molecule is N#Cc1ccc(N2CCN(Cc3ccc(Br)s3)CC2)c([N+](=O)[O-])c1. The van der Waals surface area contributed by atoms with E-state index in [4.69, 9.17) is 5.26 Å². The molecule has 0 bridgehead atoms. The molecule has 0 aliphatic carbocycles. The first-order valence-electron chi connectivity index (χ1n) is 7.47. The minimum Gasteiger partial charge on any atom is -0.363 e. The molecule has 0 amide bonds. The second kappa shape index (κ2) is 7.30. The molecule has 124 valence electrons. The van der Waals surface area contributed by atoms with Gasteiger partial charge in [-0.3, -0.25) is 15.0 Å². The molecule has 1 aliphatic rings. The number of nitro benzene ring substituents is 1. The molecule has 0 unspecified atom stereocenters. The Hall–Kier alpha value is -1.95. The first-order valence-corrected chi connectivity index (χ1v) is 9.08. The van der Waals surface area contributed by atoms with Crippen molar-refractivity contribution < 1.29 is 4.92 Å². The summed E-state index contributed by atoms with van der Waals surface area (Å²) in [5, 5.41) is 20.2. The zero-order valence-corrected chi connectivity index (χ0v) is 15.2. The van der Waals surface area contributed by atoms with Crippen molar-refractivity contribution in [3.63, 3.8) is 0 Å². The number of halogens is 1. The zero-order valence-electron chi connectivity index (χ0n) is 12.8. The van der Waals surface area contributed by atoms with Gasteiger partial charge in [0.05, 0.1) is 20.3 Å². The number of rotatable bonds is 4. The van der Waals surface area contributed by atoms with Crippen LogP contribution < -0.4 is 4.90 Å². The van der Waals surface area contributed by atoms with Gasteiger partial charge in [-0.05, 0) is 40.2 Å². The van der Waals surface area contributed by atoms with Gasteiger partial charge in [0.15, 0.2) is 0 Å². The summed E-state index contributed by atoms with van der Waals surface area (Å²) in [6, 6.07) is 10.8. The third-order valence-electron chi connectivity index (χ3n) is 4.02. The third-order valence-corrected chi connectivity index (χ3v) is 5.63. The van der Waals surface area contributed by atoms with Gasteiger partial charge in [-0.1, -0.05) is 0 Å². The first kappa shape index (κ1) is 16.9. The number of benzene rings is 1. The van der Waals surface area contributed by atoms with Crippen molar-refractivity contribution >= 4 is 38.6 Å². The summed E-state index contributed by atoms with van der Waals surface area (Å²) in [5.41, 5.74) is 0.912. The van der Waals surface area contributed by atoms with Crippen LogP contribution in [0.2, 0.25) is 0 Å². The maximum Gasteiger partial charge on any atom is 0.293 e. The number of hydrogen-bond donors (Lipinski definition) is 0. The lowest BCUT2D eigenvalue weighted by Gasteiger charge is -2.35. The number of nitrogens with zero attached hydrogens (tertiary/aromatic N) is 4. The lowest BCUT2D eigenvalue weighted by Crippen LogP contribution is -2.46. The molecule has 1 saturated heterocycles. The molecule has 1 fully saturated rings. The van der Waals surface area contributed by atoms with Crippen molar-refractivity contribution in [3.8, 4) is 6.07 Å². The third kappa shape index (κ3) is 3.75. The minimum atomic E-state index is -0.411. The van der Waals surface area contributed by atoms with E-state index in [0.717, 1.165) is 36.5 Å². The molecule has 1 aromatic heterocycles. The van der Waals surface area contributed by atoms with Crippen molar-refractivity contribution in [2.75, 3.05) is 31.1 Å². The van der Waals surface area contributed by atoms with Gasteiger partial charge in [0.1, 0.15) is 5.69 Å². The number of nitro groups is 1. The fourth-order valence-electron chi connectivity index (χ4n) is 2.81. The number of nitriles is 1. The summed E-state index contributed by atoms with van der Waals surface area (Å²) in [6.07, 6.45) is 0. The monoisotopic (exact) mass is 406 g/mol. The first-order chi connectivity index (χ1) is 11.6. The van der Waals surface area contributed by atoms with E-state index in [0.29, 0.717) is 11.3 Å². The molecule has 2 heterocycles. The van der Waals surface area contributed by atoms with Gasteiger partial charge in [-0.25, -0.2) is 0 Å². The van der Waals surface area contributed by atoms with Crippen LogP contribution in [0.1, 0.15) is 10.4 Å². The van der Waals surface area contributed by atoms with E-state index in [1.807, 2.05) is 11.0 Å². The normalized spacial score (nSPS) is 15.2. The Bertz CT molecular complexity index is 794. The fraction of sp³-hybridized carbons (Fsp3) is 0.312. The predicted octanol–water partition coefficient (Wildman–Crippen LogP) is 3.61. The molecule has 0 radical (unpaired) electrons. The highest BCUT2D eigenvalue weighted by atomic mass is 79.9. The van der Waals surface area contributed by atoms with Crippen molar-refractivity contribution in [2.24, 2.45) is 0 Å². The van der Waals surface area contributed by atoms with Crippen LogP contribution in [0.25, 0.3) is 0 Å². The van der Waals surface area contributed by atoms with Crippen LogP contribution in [-0.4, -0.2) is 36.0 Å². The van der Waals surface area contributed by atoms with Crippen LogP contribution in [0, 0.1) is 21.4 Å². The summed E-state index contributed by atoms with van der Waals surface area (Å²) in [5.74, 6) is 0. The zero-order chi connectivity index (χ0) is 17.1. The van der Waals surface area contributed by atoms with Gasteiger partial charge in [0.2, 0.25) is 0 Å². The Morgan fingerprint density at radius 3 is 2.58 bits per heavy atom. The fourth-order valence-corrected chi connectivity index (χ4v) is 4.34. The largest absolute Gasteiger partial charge is 0.363 e. The molecule has 0 spiro atoms. The van der Waals surface area contributed by atoms with Crippen LogP contribution in [0.15, 0.2) is 34.1 Å². The molecular weight excluding hydrogens is 392 g/mol. The van der Waals surface area contributed by atoms with Crippen LogP contribution in [0.4, 0.5) is 11.4 Å². The van der Waals surface area contributed by atoms with E-state index in [1.165, 1.54) is 10.9 Å². The summed E-state index contributed by atoms with van der Waals surface area (Å²) < 4.78 is 1.13. The number of anilines is 1. The molecule has 0 saturated carbocycles. The van der Waals surface area contributed by atoms with E-state index in [9.17, 15) is 10.1 Å². The van der Waals surface area contributed by atoms with Gasteiger partial charge in [-0.2, -0.15) is 5.26 Å². The van der Waals surface area contributed by atoms with Crippen molar-refractivity contribution in [1.82, 2.24) is 4.90 Å². The van der Waals surface area contributed by atoms with Crippen LogP contribution in [0.3, 0.4) is 0 Å². The number of thiophene rings is 1. The minimum absolute atomic E-state index is 0.00434. The topological polar surface area (TPSA) is 73.4 Å². The van der Waals surface area contributed by atoms with Crippen molar-refractivity contribution in [1.29, 1.82) is 5.26 Å². The molecule has 0 atom stereocenters. The average Bonchev–Trinajstić information content (AvgIpc) is 3.00. The second-order valence-electron chi connectivity index (χ2n) is 5.54. The van der Waals surface area contributed by atoms with Crippen LogP contribution in [0.5, 0.6) is 0 Å². The Morgan fingerprint density at radius 2 is 2.00 bits per heavy atom. The summed E-state index contributed by atoms with van der Waals surface area (Å²) in [7, 11) is 0. The molecule has 3 rings (SSSR count). The van der Waals surface area contributed by atoms with Crippen molar-refractivity contribution in [3.05, 3.63) is 54.7 Å². The highest BCUT2D eigenvalue weighted by molar-refractivity contribution is 9.11. The van der Waals surface area contributed by atoms with Gasteiger partial charge in [0, 0.05) is 43.7 Å². The lowest BCUT2D eigenvalue weighted by atomic mass is 10.1. The maximum absolute atomic E-state index is 11.3. The van der Waals surface area contributed by atoms with E-state index in [2.05, 4.69) is 33.0 Å². The van der Waals surface area contributed by atoms with Gasteiger partial charge < -0.3 is 4.90 Å². The average molecular weight is 407 g/mol. The Labute approximate surface area is 152 Å². The Kier molecular flexibility index (Phi) is 5.14. The maximum atomic E-state index is 11.3. The Morgan fingerprint density at radius 1 is 1.25 bits per heavy atom. The molecule has 6 nitrogen and oxygen atoms in total. The Balaban J connectivity index is 1.68. The van der Waals surface area contributed by atoms with E-state index < -0.39 is 4.92 Å². The number of piperazine rings is 1. The molecule has 24 heavy (non-hydrogen) atoms. The molecule has 1 aliphatic heterocycles. The van der Waals surface area contributed by atoms with Crippen LogP contribution in [-0.2, 0) is 6.54 Å². The van der Waals surface area contributed by atoms with Gasteiger partial charge >= 0.3 is 0 Å². The number of hydrogen-bond acceptors (Lipinski definition) is 6. The second-order valence-corrected chi connectivity index (χ2v) is 8.09. The molecule has 2 aromatic rings. The molecule has 0 N–H and O–H groups in total.